The molecule has 1 heterocycles. The fraction of sp³-hybridized carbons (Fsp3) is 0.533. The zero-order valence-corrected chi connectivity index (χ0v) is 12.0. The first-order valence-corrected chi connectivity index (χ1v) is 7.18. The molecule has 1 aliphatic rings. The van der Waals surface area contributed by atoms with E-state index in [1.165, 1.54) is 12.1 Å². The first-order valence-electron chi connectivity index (χ1n) is 7.18. The molecule has 6 heteroatoms. The fourth-order valence-electron chi connectivity index (χ4n) is 2.57. The van der Waals surface area contributed by atoms with Crippen LogP contribution < -0.4 is 10.1 Å². The average molecular weight is 298 g/mol. The molecule has 0 aliphatic carbocycles. The second-order valence-corrected chi connectivity index (χ2v) is 5.05. The lowest BCUT2D eigenvalue weighted by Gasteiger charge is -2.28. The quantitative estimate of drug-likeness (QED) is 0.877. The van der Waals surface area contributed by atoms with E-state index < -0.39 is 6.61 Å². The summed E-state index contributed by atoms with van der Waals surface area (Å²) in [6, 6.07) is 6.15. The number of hydrogen-bond donors (Lipinski definition) is 1. The van der Waals surface area contributed by atoms with Gasteiger partial charge in [0.25, 0.3) is 5.91 Å². The molecule has 1 aliphatic heterocycles. The normalized spacial score (nSPS) is 18.0. The Morgan fingerprint density at radius 3 is 2.95 bits per heavy atom. The summed E-state index contributed by atoms with van der Waals surface area (Å²) < 4.78 is 28.9. The second kappa shape index (κ2) is 7.36. The Hall–Kier alpha value is -1.69. The summed E-state index contributed by atoms with van der Waals surface area (Å²) in [5.41, 5.74) is 0.383. The predicted molar refractivity (Wildman–Crippen MR) is 75.7 cm³/mol. The number of nitrogens with zero attached hydrogens (tertiary/aromatic N) is 1. The van der Waals surface area contributed by atoms with E-state index in [0.717, 1.165) is 25.9 Å². The fourth-order valence-corrected chi connectivity index (χ4v) is 2.57. The van der Waals surface area contributed by atoms with Crippen molar-refractivity contribution in [2.45, 2.75) is 32.4 Å². The van der Waals surface area contributed by atoms with Crippen molar-refractivity contribution in [3.63, 3.8) is 0 Å². The average Bonchev–Trinajstić information content (AvgIpc) is 2.97. The molecule has 21 heavy (non-hydrogen) atoms. The van der Waals surface area contributed by atoms with E-state index in [-0.39, 0.29) is 17.7 Å². The molecular formula is C15H20F2N2O2. The molecule has 1 fully saturated rings. The van der Waals surface area contributed by atoms with Crippen LogP contribution in [-0.4, -0.2) is 43.1 Å². The SMILES string of the molecule is CCCN(C(=O)c1cccc(OC(F)F)c1)C1CCNC1. The van der Waals surface area contributed by atoms with E-state index in [1.54, 1.807) is 12.1 Å². The smallest absolute Gasteiger partial charge is 0.387 e. The van der Waals surface area contributed by atoms with Crippen molar-refractivity contribution in [1.82, 2.24) is 10.2 Å². The third kappa shape index (κ3) is 4.14. The van der Waals surface area contributed by atoms with Crippen molar-refractivity contribution in [1.29, 1.82) is 0 Å². The highest BCUT2D eigenvalue weighted by Gasteiger charge is 2.26. The number of nitrogens with one attached hydrogen (secondary N) is 1. The first kappa shape index (κ1) is 15.7. The maximum absolute atomic E-state index is 12.6. The zero-order valence-electron chi connectivity index (χ0n) is 12.0. The van der Waals surface area contributed by atoms with Gasteiger partial charge in [0.05, 0.1) is 0 Å². The lowest BCUT2D eigenvalue weighted by Crippen LogP contribution is -2.42. The van der Waals surface area contributed by atoms with Crippen LogP contribution in [0.1, 0.15) is 30.1 Å². The highest BCUT2D eigenvalue weighted by Crippen LogP contribution is 2.19. The van der Waals surface area contributed by atoms with Crippen LogP contribution in [-0.2, 0) is 0 Å². The maximum atomic E-state index is 12.6. The molecule has 0 spiro atoms. The number of amides is 1. The molecule has 1 N–H and O–H groups in total. The van der Waals surface area contributed by atoms with E-state index in [2.05, 4.69) is 10.1 Å². The number of ether oxygens (including phenoxy) is 1. The van der Waals surface area contributed by atoms with Crippen molar-refractivity contribution in [2.75, 3.05) is 19.6 Å². The van der Waals surface area contributed by atoms with E-state index in [4.69, 9.17) is 0 Å². The monoisotopic (exact) mass is 298 g/mol. The number of alkyl halides is 2. The lowest BCUT2D eigenvalue weighted by atomic mass is 10.1. The standard InChI is InChI=1S/C15H20F2N2O2/c1-2-8-19(12-6-7-18-10-12)14(20)11-4-3-5-13(9-11)21-15(16)17/h3-5,9,12,15,18H,2,6-8,10H2,1H3. The van der Waals surface area contributed by atoms with E-state index >= 15 is 0 Å². The van der Waals surface area contributed by atoms with Gasteiger partial charge in [-0.1, -0.05) is 13.0 Å². The Labute approximate surface area is 123 Å². The van der Waals surface area contributed by atoms with Gasteiger partial charge in [-0.2, -0.15) is 8.78 Å². The van der Waals surface area contributed by atoms with Gasteiger partial charge >= 0.3 is 6.61 Å². The van der Waals surface area contributed by atoms with Gasteiger partial charge in [0.15, 0.2) is 0 Å². The molecule has 2 rings (SSSR count). The number of carbonyl (C=O) groups is 1. The molecular weight excluding hydrogens is 278 g/mol. The second-order valence-electron chi connectivity index (χ2n) is 5.05. The van der Waals surface area contributed by atoms with Gasteiger partial charge in [-0.15, -0.1) is 0 Å². The van der Waals surface area contributed by atoms with Gasteiger partial charge in [0, 0.05) is 24.7 Å². The highest BCUT2D eigenvalue weighted by atomic mass is 19.3. The summed E-state index contributed by atoms with van der Waals surface area (Å²) >= 11 is 0. The largest absolute Gasteiger partial charge is 0.435 e. The highest BCUT2D eigenvalue weighted by molar-refractivity contribution is 5.94. The zero-order chi connectivity index (χ0) is 15.2. The van der Waals surface area contributed by atoms with Crippen LogP contribution in [0.15, 0.2) is 24.3 Å². The van der Waals surface area contributed by atoms with Crippen molar-refractivity contribution in [3.05, 3.63) is 29.8 Å². The molecule has 1 atom stereocenters. The first-order chi connectivity index (χ1) is 10.1. The van der Waals surface area contributed by atoms with Gasteiger partial charge in [0.2, 0.25) is 0 Å². The maximum Gasteiger partial charge on any atom is 0.387 e. The molecule has 0 radical (unpaired) electrons. The molecule has 116 valence electrons. The minimum absolute atomic E-state index is 0.0110. The third-order valence-corrected chi connectivity index (χ3v) is 3.51. The summed E-state index contributed by atoms with van der Waals surface area (Å²) in [7, 11) is 0. The van der Waals surface area contributed by atoms with Gasteiger partial charge < -0.3 is 15.0 Å². The summed E-state index contributed by atoms with van der Waals surface area (Å²) in [4.78, 5) is 14.4. The molecule has 4 nitrogen and oxygen atoms in total. The number of carbonyl (C=O) groups excluding carboxylic acids is 1. The minimum Gasteiger partial charge on any atom is -0.435 e. The molecule has 1 aromatic carbocycles. The van der Waals surface area contributed by atoms with Crippen LogP contribution in [0.25, 0.3) is 0 Å². The van der Waals surface area contributed by atoms with Crippen molar-refractivity contribution < 1.29 is 18.3 Å². The number of benzene rings is 1. The summed E-state index contributed by atoms with van der Waals surface area (Å²) in [6.07, 6.45) is 1.77. The van der Waals surface area contributed by atoms with Gasteiger partial charge in [-0.05, 0) is 37.6 Å². The molecule has 1 aromatic rings. The van der Waals surface area contributed by atoms with Gasteiger partial charge in [0.1, 0.15) is 5.75 Å². The van der Waals surface area contributed by atoms with Gasteiger partial charge in [-0.3, -0.25) is 4.79 Å². The van der Waals surface area contributed by atoms with Crippen LogP contribution >= 0.6 is 0 Å². The minimum atomic E-state index is -2.89. The lowest BCUT2D eigenvalue weighted by molar-refractivity contribution is -0.0499. The summed E-state index contributed by atoms with van der Waals surface area (Å²) in [5.74, 6) is -0.123. The van der Waals surface area contributed by atoms with Crippen LogP contribution in [0.2, 0.25) is 0 Å². The Morgan fingerprint density at radius 1 is 1.52 bits per heavy atom. The molecule has 0 bridgehead atoms. The molecule has 1 unspecified atom stereocenters. The van der Waals surface area contributed by atoms with Crippen molar-refractivity contribution in [3.8, 4) is 5.75 Å². The van der Waals surface area contributed by atoms with Crippen LogP contribution in [0.5, 0.6) is 5.75 Å². The Morgan fingerprint density at radius 2 is 2.33 bits per heavy atom. The molecule has 0 aromatic heterocycles. The number of hydrogen-bond acceptors (Lipinski definition) is 3. The molecule has 0 saturated carbocycles. The number of halogens is 2. The van der Waals surface area contributed by atoms with Crippen LogP contribution in [0, 0.1) is 0 Å². The van der Waals surface area contributed by atoms with E-state index in [0.29, 0.717) is 12.1 Å². The van der Waals surface area contributed by atoms with Gasteiger partial charge in [-0.25, -0.2) is 0 Å². The molecule has 1 saturated heterocycles. The van der Waals surface area contributed by atoms with Crippen LogP contribution in [0.4, 0.5) is 8.78 Å². The summed E-state index contributed by atoms with van der Waals surface area (Å²) in [6.45, 7) is 1.46. The predicted octanol–water partition coefficient (Wildman–Crippen LogP) is 2.50. The Bertz CT molecular complexity index is 476. The topological polar surface area (TPSA) is 41.6 Å². The van der Waals surface area contributed by atoms with Crippen LogP contribution in [0.3, 0.4) is 0 Å². The van der Waals surface area contributed by atoms with Crippen molar-refractivity contribution in [2.24, 2.45) is 0 Å². The molecule has 1 amide bonds. The Kier molecular flexibility index (Phi) is 5.50. The third-order valence-electron chi connectivity index (χ3n) is 3.51. The van der Waals surface area contributed by atoms with E-state index in [1.807, 2.05) is 11.8 Å². The summed E-state index contributed by atoms with van der Waals surface area (Å²) in [5, 5.41) is 3.24. The van der Waals surface area contributed by atoms with E-state index in [9.17, 15) is 13.6 Å². The number of rotatable bonds is 6. The van der Waals surface area contributed by atoms with Crippen molar-refractivity contribution >= 4 is 5.91 Å². The Balaban J connectivity index is 2.15.